The fraction of sp³-hybridized carbons (Fsp3) is 0.727. The summed E-state index contributed by atoms with van der Waals surface area (Å²) in [5.41, 5.74) is 0. The van der Waals surface area contributed by atoms with Crippen LogP contribution in [0.25, 0.3) is 0 Å². The van der Waals surface area contributed by atoms with Crippen molar-refractivity contribution >= 4 is 5.97 Å². The Morgan fingerprint density at radius 1 is 1.25 bits per heavy atom. The van der Waals surface area contributed by atoms with Crippen molar-refractivity contribution in [2.45, 2.75) is 38.0 Å². The van der Waals surface area contributed by atoms with Gasteiger partial charge in [-0.2, -0.15) is 0 Å². The summed E-state index contributed by atoms with van der Waals surface area (Å²) in [6, 6.07) is 0. The van der Waals surface area contributed by atoms with Crippen molar-refractivity contribution in [1.82, 2.24) is 0 Å². The van der Waals surface area contributed by atoms with Crippen LogP contribution in [0, 0.1) is 0 Å². The van der Waals surface area contributed by atoms with Crippen LogP contribution in [0.3, 0.4) is 0 Å². The molecule has 0 aliphatic carbocycles. The maximum absolute atomic E-state index is 13.1. The van der Waals surface area contributed by atoms with Crippen LogP contribution in [-0.2, 0) is 9.53 Å². The number of esters is 1. The molecular weight excluding hydrogens is 221 g/mol. The molecular formula is C11H17F3O2. The maximum Gasteiger partial charge on any atom is 0.330 e. The Kier molecular flexibility index (Phi) is 8.66. The molecule has 0 aromatic rings. The van der Waals surface area contributed by atoms with Gasteiger partial charge in [-0.3, -0.25) is 4.39 Å². The fourth-order valence-corrected chi connectivity index (χ4v) is 1.12. The van der Waals surface area contributed by atoms with Gasteiger partial charge in [0.1, 0.15) is 12.8 Å². The lowest BCUT2D eigenvalue weighted by Crippen LogP contribution is -2.24. The van der Waals surface area contributed by atoms with Gasteiger partial charge in [-0.25, -0.2) is 13.6 Å². The summed E-state index contributed by atoms with van der Waals surface area (Å²) in [6.45, 7) is 2.09. The van der Waals surface area contributed by atoms with Crippen molar-refractivity contribution < 1.29 is 22.7 Å². The lowest BCUT2D eigenvalue weighted by atomic mass is 10.1. The first-order chi connectivity index (χ1) is 7.61. The second-order valence-corrected chi connectivity index (χ2v) is 3.40. The second kappa shape index (κ2) is 9.24. The van der Waals surface area contributed by atoms with Crippen molar-refractivity contribution in [2.75, 3.05) is 13.3 Å². The van der Waals surface area contributed by atoms with Gasteiger partial charge < -0.3 is 4.74 Å². The Hall–Kier alpha value is -1.00. The van der Waals surface area contributed by atoms with E-state index < -0.39 is 31.6 Å². The minimum absolute atomic E-state index is 0.0206. The number of halogens is 3. The molecule has 0 amide bonds. The molecule has 0 saturated heterocycles. The predicted molar refractivity (Wildman–Crippen MR) is 55.4 cm³/mol. The number of unbranched alkanes of at least 4 members (excludes halogenated alkanes) is 2. The molecule has 0 saturated carbocycles. The molecule has 0 aliphatic heterocycles. The largest absolute Gasteiger partial charge is 0.459 e. The lowest BCUT2D eigenvalue weighted by molar-refractivity contribution is -0.140. The number of alkyl halides is 3. The molecule has 94 valence electrons. The Labute approximate surface area is 93.5 Å². The van der Waals surface area contributed by atoms with E-state index in [1.54, 1.807) is 0 Å². The Balaban J connectivity index is 3.60. The SMILES string of the molecule is C=CC(=O)OCC(F)C(F)CCCCCF. The van der Waals surface area contributed by atoms with E-state index in [4.69, 9.17) is 0 Å². The zero-order valence-corrected chi connectivity index (χ0v) is 9.13. The Bertz CT molecular complexity index is 209. The van der Waals surface area contributed by atoms with Gasteiger partial charge in [0.15, 0.2) is 6.17 Å². The molecule has 0 aromatic carbocycles. The molecule has 5 heteroatoms. The molecule has 0 aromatic heterocycles. The van der Waals surface area contributed by atoms with Crippen molar-refractivity contribution in [3.8, 4) is 0 Å². The summed E-state index contributed by atoms with van der Waals surface area (Å²) < 4.78 is 42.2. The minimum atomic E-state index is -1.82. The Morgan fingerprint density at radius 2 is 1.94 bits per heavy atom. The van der Waals surface area contributed by atoms with Gasteiger partial charge in [0, 0.05) is 6.08 Å². The van der Waals surface area contributed by atoms with Gasteiger partial charge in [-0.15, -0.1) is 0 Å². The highest BCUT2D eigenvalue weighted by Gasteiger charge is 2.21. The molecule has 0 aliphatic rings. The van der Waals surface area contributed by atoms with Crippen LogP contribution in [0.15, 0.2) is 12.7 Å². The monoisotopic (exact) mass is 238 g/mol. The molecule has 2 nitrogen and oxygen atoms in total. The van der Waals surface area contributed by atoms with Gasteiger partial charge in [0.25, 0.3) is 0 Å². The molecule has 0 N–H and O–H groups in total. The molecule has 0 bridgehead atoms. The van der Waals surface area contributed by atoms with E-state index in [1.807, 2.05) is 0 Å². The van der Waals surface area contributed by atoms with Gasteiger partial charge in [-0.1, -0.05) is 19.4 Å². The normalized spacial score (nSPS) is 14.2. The zero-order valence-electron chi connectivity index (χ0n) is 9.13. The van der Waals surface area contributed by atoms with E-state index in [-0.39, 0.29) is 6.42 Å². The zero-order chi connectivity index (χ0) is 12.4. The summed E-state index contributed by atoms with van der Waals surface area (Å²) in [5.74, 6) is -0.771. The van der Waals surface area contributed by atoms with E-state index in [9.17, 15) is 18.0 Å². The average molecular weight is 238 g/mol. The highest BCUT2D eigenvalue weighted by Crippen LogP contribution is 2.13. The van der Waals surface area contributed by atoms with Crippen molar-refractivity contribution in [3.63, 3.8) is 0 Å². The van der Waals surface area contributed by atoms with Crippen LogP contribution in [0.2, 0.25) is 0 Å². The van der Waals surface area contributed by atoms with E-state index in [0.29, 0.717) is 19.3 Å². The lowest BCUT2D eigenvalue weighted by Gasteiger charge is -2.12. The van der Waals surface area contributed by atoms with Crippen LogP contribution in [0.1, 0.15) is 25.7 Å². The number of hydrogen-bond donors (Lipinski definition) is 0. The molecule has 16 heavy (non-hydrogen) atoms. The summed E-state index contributed by atoms with van der Waals surface area (Å²) in [5, 5.41) is 0. The molecule has 0 heterocycles. The Morgan fingerprint density at radius 3 is 2.50 bits per heavy atom. The quantitative estimate of drug-likeness (QED) is 0.351. The summed E-state index contributed by atoms with van der Waals surface area (Å²) in [6.07, 6.45) is -1.24. The van der Waals surface area contributed by atoms with E-state index >= 15 is 0 Å². The van der Waals surface area contributed by atoms with Crippen LogP contribution in [0.4, 0.5) is 13.2 Å². The third-order valence-electron chi connectivity index (χ3n) is 2.06. The summed E-state index contributed by atoms with van der Waals surface area (Å²) in [7, 11) is 0. The van der Waals surface area contributed by atoms with Crippen LogP contribution < -0.4 is 0 Å². The standard InChI is InChI=1S/C11H17F3O2/c1-2-11(15)16-8-10(14)9(13)6-4-3-5-7-12/h2,9-10H,1,3-8H2. The molecule has 0 fully saturated rings. The summed E-state index contributed by atoms with van der Waals surface area (Å²) >= 11 is 0. The predicted octanol–water partition coefficient (Wildman–Crippen LogP) is 2.92. The minimum Gasteiger partial charge on any atom is -0.459 e. The number of rotatable bonds is 9. The number of ether oxygens (including phenoxy) is 1. The van der Waals surface area contributed by atoms with E-state index in [2.05, 4.69) is 11.3 Å². The first-order valence-electron chi connectivity index (χ1n) is 5.25. The average Bonchev–Trinajstić information content (AvgIpc) is 2.30. The third-order valence-corrected chi connectivity index (χ3v) is 2.06. The number of carbonyl (C=O) groups is 1. The van der Waals surface area contributed by atoms with Gasteiger partial charge in [-0.05, 0) is 12.8 Å². The van der Waals surface area contributed by atoms with E-state index in [1.165, 1.54) is 0 Å². The van der Waals surface area contributed by atoms with Crippen molar-refractivity contribution in [2.24, 2.45) is 0 Å². The third kappa shape index (κ3) is 7.31. The molecule has 0 rings (SSSR count). The van der Waals surface area contributed by atoms with Crippen LogP contribution >= 0.6 is 0 Å². The molecule has 0 spiro atoms. The van der Waals surface area contributed by atoms with Gasteiger partial charge in [0.05, 0.1) is 6.67 Å². The van der Waals surface area contributed by atoms with Gasteiger partial charge in [0.2, 0.25) is 0 Å². The van der Waals surface area contributed by atoms with Crippen molar-refractivity contribution in [3.05, 3.63) is 12.7 Å². The maximum atomic E-state index is 13.1. The highest BCUT2D eigenvalue weighted by atomic mass is 19.2. The van der Waals surface area contributed by atoms with Crippen LogP contribution in [-0.4, -0.2) is 31.6 Å². The highest BCUT2D eigenvalue weighted by molar-refractivity contribution is 5.81. The first kappa shape index (κ1) is 15.0. The smallest absolute Gasteiger partial charge is 0.330 e. The molecule has 2 atom stereocenters. The summed E-state index contributed by atoms with van der Waals surface area (Å²) in [4.78, 5) is 10.6. The topological polar surface area (TPSA) is 26.3 Å². The van der Waals surface area contributed by atoms with Crippen molar-refractivity contribution in [1.29, 1.82) is 0 Å². The van der Waals surface area contributed by atoms with Gasteiger partial charge >= 0.3 is 5.97 Å². The number of hydrogen-bond acceptors (Lipinski definition) is 2. The van der Waals surface area contributed by atoms with Crippen LogP contribution in [0.5, 0.6) is 0 Å². The second-order valence-electron chi connectivity index (χ2n) is 3.40. The molecule has 0 radical (unpaired) electrons. The number of carbonyl (C=O) groups excluding carboxylic acids is 1. The molecule has 2 unspecified atom stereocenters. The fourth-order valence-electron chi connectivity index (χ4n) is 1.12. The first-order valence-corrected chi connectivity index (χ1v) is 5.25. The van der Waals surface area contributed by atoms with E-state index in [0.717, 1.165) is 6.08 Å².